The molecule has 0 unspecified atom stereocenters. The fourth-order valence-electron chi connectivity index (χ4n) is 4.14. The third kappa shape index (κ3) is 5.84. The Labute approximate surface area is 198 Å². The highest BCUT2D eigenvalue weighted by molar-refractivity contribution is 5.74. The third-order valence-corrected chi connectivity index (χ3v) is 5.99. The number of hydrogen-bond acceptors (Lipinski definition) is 3. The number of rotatable bonds is 7. The number of piperidine rings is 1. The van der Waals surface area contributed by atoms with Gasteiger partial charge in [-0.1, -0.05) is 42.5 Å². The van der Waals surface area contributed by atoms with Crippen LogP contribution in [0.25, 0.3) is 11.1 Å². The zero-order valence-corrected chi connectivity index (χ0v) is 19.1. The van der Waals surface area contributed by atoms with Crippen LogP contribution in [0.15, 0.2) is 66.7 Å². The van der Waals surface area contributed by atoms with Crippen LogP contribution in [0.3, 0.4) is 0 Å². The molecule has 1 saturated heterocycles. The summed E-state index contributed by atoms with van der Waals surface area (Å²) in [5, 5.41) is 2.99. The highest BCUT2D eigenvalue weighted by Crippen LogP contribution is 2.33. The van der Waals surface area contributed by atoms with Gasteiger partial charge in [-0.25, -0.2) is 13.6 Å². The Kier molecular flexibility index (Phi) is 7.62. The molecule has 4 rings (SSSR count). The van der Waals surface area contributed by atoms with Crippen molar-refractivity contribution in [1.82, 2.24) is 10.2 Å². The summed E-state index contributed by atoms with van der Waals surface area (Å²) in [6.45, 7) is 2.38. The van der Waals surface area contributed by atoms with Crippen molar-refractivity contribution in [2.75, 3.05) is 26.8 Å². The Morgan fingerprint density at radius 1 is 1.06 bits per heavy atom. The standard InChI is InChI=1S/C27H28F2N2O3/c1-33-26-15-25(29)24(28)14-23(26)21-9-11-22(12-10-21)34-18-20-8-5-13-31(17-20)27(32)30-16-19-6-3-2-4-7-19/h2-4,6-7,9-12,14-15,20H,5,8,13,16-18H2,1H3,(H,30,32)/t20-/m0/s1. The second kappa shape index (κ2) is 11.0. The summed E-state index contributed by atoms with van der Waals surface area (Å²) in [6.07, 6.45) is 1.92. The number of halogens is 2. The Morgan fingerprint density at radius 3 is 2.53 bits per heavy atom. The smallest absolute Gasteiger partial charge is 0.317 e. The molecule has 0 radical (unpaired) electrons. The Bertz CT molecular complexity index is 1110. The number of likely N-dealkylation sites (tertiary alicyclic amines) is 1. The molecule has 0 saturated carbocycles. The van der Waals surface area contributed by atoms with Crippen LogP contribution in [0.4, 0.5) is 13.6 Å². The molecule has 1 N–H and O–H groups in total. The van der Waals surface area contributed by atoms with E-state index in [9.17, 15) is 13.6 Å². The number of nitrogens with one attached hydrogen (secondary N) is 1. The van der Waals surface area contributed by atoms with Gasteiger partial charge in [0.05, 0.1) is 13.7 Å². The lowest BCUT2D eigenvalue weighted by molar-refractivity contribution is 0.137. The molecule has 1 aliphatic heterocycles. The Morgan fingerprint density at radius 2 is 1.79 bits per heavy atom. The monoisotopic (exact) mass is 466 g/mol. The molecule has 3 aromatic carbocycles. The number of benzene rings is 3. The Hall–Kier alpha value is -3.61. The van der Waals surface area contributed by atoms with Crippen LogP contribution in [0.2, 0.25) is 0 Å². The first-order valence-corrected chi connectivity index (χ1v) is 11.4. The lowest BCUT2D eigenvalue weighted by Crippen LogP contribution is -2.46. The fourth-order valence-corrected chi connectivity index (χ4v) is 4.14. The molecule has 34 heavy (non-hydrogen) atoms. The second-order valence-electron chi connectivity index (χ2n) is 8.40. The van der Waals surface area contributed by atoms with Gasteiger partial charge >= 0.3 is 6.03 Å². The van der Waals surface area contributed by atoms with Crippen molar-refractivity contribution in [2.45, 2.75) is 19.4 Å². The average Bonchev–Trinajstić information content (AvgIpc) is 2.88. The van der Waals surface area contributed by atoms with Gasteiger partial charge in [0.2, 0.25) is 0 Å². The first-order chi connectivity index (χ1) is 16.5. The number of carbonyl (C=O) groups excluding carboxylic acids is 1. The molecule has 0 aliphatic carbocycles. The maximum atomic E-state index is 13.7. The molecular formula is C27H28F2N2O3. The van der Waals surface area contributed by atoms with Gasteiger partial charge in [0.1, 0.15) is 11.5 Å². The van der Waals surface area contributed by atoms with E-state index in [0.29, 0.717) is 36.6 Å². The van der Waals surface area contributed by atoms with E-state index < -0.39 is 11.6 Å². The van der Waals surface area contributed by atoms with Crippen LogP contribution < -0.4 is 14.8 Å². The normalized spacial score (nSPS) is 15.6. The fraction of sp³-hybridized carbons (Fsp3) is 0.296. The number of amides is 2. The van der Waals surface area contributed by atoms with Crippen molar-refractivity contribution >= 4 is 6.03 Å². The maximum Gasteiger partial charge on any atom is 0.317 e. The molecule has 178 valence electrons. The average molecular weight is 467 g/mol. The SMILES string of the molecule is COc1cc(F)c(F)cc1-c1ccc(OC[C@H]2CCCN(C(=O)NCc3ccccc3)C2)cc1. The first kappa shape index (κ1) is 23.5. The molecule has 5 nitrogen and oxygen atoms in total. The molecule has 3 aromatic rings. The van der Waals surface area contributed by atoms with Gasteiger partial charge in [-0.3, -0.25) is 0 Å². The molecule has 7 heteroatoms. The van der Waals surface area contributed by atoms with Gasteiger partial charge < -0.3 is 19.7 Å². The molecule has 1 fully saturated rings. The maximum absolute atomic E-state index is 13.7. The van der Waals surface area contributed by atoms with Crippen molar-refractivity contribution in [1.29, 1.82) is 0 Å². The number of hydrogen-bond donors (Lipinski definition) is 1. The van der Waals surface area contributed by atoms with E-state index in [1.807, 2.05) is 35.2 Å². The van der Waals surface area contributed by atoms with Gasteiger partial charge in [-0.2, -0.15) is 0 Å². The van der Waals surface area contributed by atoms with E-state index in [2.05, 4.69) is 5.32 Å². The summed E-state index contributed by atoms with van der Waals surface area (Å²) < 4.78 is 38.4. The van der Waals surface area contributed by atoms with Crippen LogP contribution in [0, 0.1) is 17.6 Å². The van der Waals surface area contributed by atoms with E-state index in [4.69, 9.17) is 9.47 Å². The Balaban J connectivity index is 1.30. The van der Waals surface area contributed by atoms with E-state index in [1.54, 1.807) is 24.3 Å². The summed E-state index contributed by atoms with van der Waals surface area (Å²) in [4.78, 5) is 14.4. The summed E-state index contributed by atoms with van der Waals surface area (Å²) in [7, 11) is 1.42. The molecule has 2 amide bonds. The van der Waals surface area contributed by atoms with Crippen LogP contribution in [0.5, 0.6) is 11.5 Å². The summed E-state index contributed by atoms with van der Waals surface area (Å²) in [6, 6.07) is 19.1. The largest absolute Gasteiger partial charge is 0.496 e. The first-order valence-electron chi connectivity index (χ1n) is 11.4. The van der Waals surface area contributed by atoms with Gasteiger partial charge in [-0.15, -0.1) is 0 Å². The molecule has 1 aliphatic rings. The highest BCUT2D eigenvalue weighted by Gasteiger charge is 2.24. The zero-order valence-electron chi connectivity index (χ0n) is 19.1. The molecule has 1 atom stereocenters. The van der Waals surface area contributed by atoms with Crippen LogP contribution in [-0.2, 0) is 6.54 Å². The molecule has 1 heterocycles. The van der Waals surface area contributed by atoms with Gasteiger partial charge in [0.15, 0.2) is 11.6 Å². The number of carbonyl (C=O) groups is 1. The number of methoxy groups -OCH3 is 1. The predicted octanol–water partition coefficient (Wildman–Crippen LogP) is 5.64. The van der Waals surface area contributed by atoms with E-state index >= 15 is 0 Å². The molecular weight excluding hydrogens is 438 g/mol. The molecule has 0 spiro atoms. The van der Waals surface area contributed by atoms with E-state index in [-0.39, 0.29) is 17.7 Å². The molecule has 0 aromatic heterocycles. The number of ether oxygens (including phenoxy) is 2. The van der Waals surface area contributed by atoms with Crippen molar-refractivity contribution in [3.05, 3.63) is 83.9 Å². The lowest BCUT2D eigenvalue weighted by Gasteiger charge is -2.32. The van der Waals surface area contributed by atoms with Crippen molar-refractivity contribution in [3.63, 3.8) is 0 Å². The summed E-state index contributed by atoms with van der Waals surface area (Å²) in [5.41, 5.74) is 2.23. The highest BCUT2D eigenvalue weighted by atomic mass is 19.2. The van der Waals surface area contributed by atoms with Crippen LogP contribution >= 0.6 is 0 Å². The lowest BCUT2D eigenvalue weighted by atomic mass is 9.99. The van der Waals surface area contributed by atoms with Crippen molar-refractivity contribution in [2.24, 2.45) is 5.92 Å². The van der Waals surface area contributed by atoms with Gasteiger partial charge in [0, 0.05) is 37.2 Å². The van der Waals surface area contributed by atoms with Crippen LogP contribution in [-0.4, -0.2) is 37.7 Å². The van der Waals surface area contributed by atoms with Crippen LogP contribution in [0.1, 0.15) is 18.4 Å². The quantitative estimate of drug-likeness (QED) is 0.490. The number of urea groups is 1. The predicted molar refractivity (Wildman–Crippen MR) is 127 cm³/mol. The topological polar surface area (TPSA) is 50.8 Å². The minimum atomic E-state index is -0.948. The number of nitrogens with zero attached hydrogens (tertiary/aromatic N) is 1. The van der Waals surface area contributed by atoms with E-state index in [0.717, 1.165) is 37.1 Å². The van der Waals surface area contributed by atoms with E-state index in [1.165, 1.54) is 7.11 Å². The van der Waals surface area contributed by atoms with Crippen molar-refractivity contribution < 1.29 is 23.0 Å². The second-order valence-corrected chi connectivity index (χ2v) is 8.40. The zero-order chi connectivity index (χ0) is 23.9. The van der Waals surface area contributed by atoms with Gasteiger partial charge in [0.25, 0.3) is 0 Å². The minimum absolute atomic E-state index is 0.0571. The minimum Gasteiger partial charge on any atom is -0.496 e. The molecule has 0 bridgehead atoms. The third-order valence-electron chi connectivity index (χ3n) is 5.99. The van der Waals surface area contributed by atoms with Gasteiger partial charge in [-0.05, 0) is 42.2 Å². The van der Waals surface area contributed by atoms with Crippen molar-refractivity contribution in [3.8, 4) is 22.6 Å². The summed E-state index contributed by atoms with van der Waals surface area (Å²) in [5.74, 6) is -0.694. The summed E-state index contributed by atoms with van der Waals surface area (Å²) >= 11 is 0.